The third-order valence-electron chi connectivity index (χ3n) is 2.38. The third kappa shape index (κ3) is 5.64. The van der Waals surface area contributed by atoms with Crippen LogP contribution in [0.2, 0.25) is 0 Å². The Kier molecular flexibility index (Phi) is 4.88. The van der Waals surface area contributed by atoms with E-state index in [0.29, 0.717) is 12.8 Å². The van der Waals surface area contributed by atoms with Gasteiger partial charge in [-0.25, -0.2) is 13.2 Å². The van der Waals surface area contributed by atoms with Crippen molar-refractivity contribution in [3.8, 4) is 0 Å². The topological polar surface area (TPSA) is 110 Å². The third-order valence-corrected chi connectivity index (χ3v) is 4.09. The lowest BCUT2D eigenvalue weighted by atomic mass is 10.1. The number of sulfone groups is 1. The standard InChI is InChI=1S/C9H15NO6S/c11-8(5-16-6-9(12)13)10-7-1-3-17(14,15)4-2-7/h7H,1-6H2,(H,10,11)(H,12,13). The maximum atomic E-state index is 11.3. The van der Waals surface area contributed by atoms with Crippen molar-refractivity contribution in [1.29, 1.82) is 0 Å². The van der Waals surface area contributed by atoms with Crippen molar-refractivity contribution in [2.24, 2.45) is 0 Å². The molecular formula is C9H15NO6S. The van der Waals surface area contributed by atoms with E-state index in [1.54, 1.807) is 0 Å². The van der Waals surface area contributed by atoms with E-state index in [-0.39, 0.29) is 24.2 Å². The molecular weight excluding hydrogens is 250 g/mol. The van der Waals surface area contributed by atoms with Gasteiger partial charge in [0.1, 0.15) is 23.1 Å². The maximum Gasteiger partial charge on any atom is 0.329 e. The van der Waals surface area contributed by atoms with E-state index in [1.807, 2.05) is 0 Å². The number of carbonyl (C=O) groups is 2. The summed E-state index contributed by atoms with van der Waals surface area (Å²) in [6, 6.07) is -0.167. The highest BCUT2D eigenvalue weighted by molar-refractivity contribution is 7.91. The van der Waals surface area contributed by atoms with E-state index >= 15 is 0 Å². The number of carbonyl (C=O) groups excluding carboxylic acids is 1. The highest BCUT2D eigenvalue weighted by Crippen LogP contribution is 2.11. The predicted molar refractivity (Wildman–Crippen MR) is 58.3 cm³/mol. The molecule has 0 aromatic rings. The average Bonchev–Trinajstić information content (AvgIpc) is 2.21. The van der Waals surface area contributed by atoms with Crippen molar-refractivity contribution in [3.63, 3.8) is 0 Å². The average molecular weight is 265 g/mol. The molecule has 0 saturated carbocycles. The zero-order chi connectivity index (χ0) is 12.9. The quantitative estimate of drug-likeness (QED) is 0.645. The number of nitrogens with one attached hydrogen (secondary N) is 1. The summed E-state index contributed by atoms with van der Waals surface area (Å²) in [6.07, 6.45) is 0.792. The van der Waals surface area contributed by atoms with Crippen LogP contribution in [-0.4, -0.2) is 56.2 Å². The van der Waals surface area contributed by atoms with E-state index in [1.165, 1.54) is 0 Å². The van der Waals surface area contributed by atoms with Crippen LogP contribution in [0.25, 0.3) is 0 Å². The number of carboxylic acids is 1. The highest BCUT2D eigenvalue weighted by atomic mass is 32.2. The summed E-state index contributed by atoms with van der Waals surface area (Å²) in [7, 11) is -2.94. The van der Waals surface area contributed by atoms with E-state index in [0.717, 1.165) is 0 Å². The molecule has 1 saturated heterocycles. The molecule has 1 amide bonds. The van der Waals surface area contributed by atoms with Crippen LogP contribution in [-0.2, 0) is 24.2 Å². The molecule has 17 heavy (non-hydrogen) atoms. The van der Waals surface area contributed by atoms with Gasteiger partial charge in [0.05, 0.1) is 11.5 Å². The molecule has 0 aromatic heterocycles. The van der Waals surface area contributed by atoms with E-state index in [2.05, 4.69) is 10.1 Å². The second-order valence-corrected chi connectivity index (χ2v) is 6.18. The van der Waals surface area contributed by atoms with E-state index in [4.69, 9.17) is 5.11 Å². The molecule has 0 atom stereocenters. The van der Waals surface area contributed by atoms with Crippen LogP contribution in [0.4, 0.5) is 0 Å². The predicted octanol–water partition coefficient (Wildman–Crippen LogP) is -1.22. The zero-order valence-electron chi connectivity index (χ0n) is 9.22. The first-order valence-corrected chi connectivity index (χ1v) is 7.00. The first-order valence-electron chi connectivity index (χ1n) is 5.18. The number of carboxylic acid groups (broad SMARTS) is 1. The monoisotopic (exact) mass is 265 g/mol. The molecule has 2 N–H and O–H groups in total. The van der Waals surface area contributed by atoms with E-state index in [9.17, 15) is 18.0 Å². The van der Waals surface area contributed by atoms with Gasteiger partial charge in [0, 0.05) is 6.04 Å². The number of hydrogen-bond donors (Lipinski definition) is 2. The summed E-state index contributed by atoms with van der Waals surface area (Å²) in [5, 5.41) is 10.9. The van der Waals surface area contributed by atoms with Crippen LogP contribution in [0.15, 0.2) is 0 Å². The van der Waals surface area contributed by atoms with Crippen molar-refractivity contribution in [2.45, 2.75) is 18.9 Å². The number of rotatable bonds is 5. The second kappa shape index (κ2) is 5.97. The Balaban J connectivity index is 2.21. The molecule has 8 heteroatoms. The minimum Gasteiger partial charge on any atom is -0.480 e. The van der Waals surface area contributed by atoms with Gasteiger partial charge >= 0.3 is 5.97 Å². The van der Waals surface area contributed by atoms with Crippen molar-refractivity contribution < 1.29 is 27.9 Å². The molecule has 1 fully saturated rings. The SMILES string of the molecule is O=C(O)COCC(=O)NC1CCS(=O)(=O)CC1. The summed E-state index contributed by atoms with van der Waals surface area (Å²) >= 11 is 0. The Morgan fingerprint density at radius 1 is 1.24 bits per heavy atom. The number of aliphatic carboxylic acids is 1. The summed E-state index contributed by atoms with van der Waals surface area (Å²) < 4.78 is 26.9. The lowest BCUT2D eigenvalue weighted by Gasteiger charge is -2.22. The normalized spacial score (nSPS) is 19.8. The zero-order valence-corrected chi connectivity index (χ0v) is 10.0. The smallest absolute Gasteiger partial charge is 0.329 e. The Labute approximate surface area is 99.1 Å². The fourth-order valence-electron chi connectivity index (χ4n) is 1.53. The molecule has 1 heterocycles. The first kappa shape index (κ1) is 13.9. The summed E-state index contributed by atoms with van der Waals surface area (Å²) in [6.45, 7) is -0.845. The Morgan fingerprint density at radius 3 is 2.35 bits per heavy atom. The maximum absolute atomic E-state index is 11.3. The molecule has 1 rings (SSSR count). The molecule has 0 radical (unpaired) electrons. The number of hydrogen-bond acceptors (Lipinski definition) is 5. The molecule has 98 valence electrons. The number of amides is 1. The van der Waals surface area contributed by atoms with Crippen LogP contribution in [0.3, 0.4) is 0 Å². The minimum absolute atomic E-state index is 0.0773. The second-order valence-electron chi connectivity index (χ2n) is 3.88. The molecule has 1 aliphatic heterocycles. The summed E-state index contributed by atoms with van der Waals surface area (Å²) in [4.78, 5) is 21.4. The fourth-order valence-corrected chi connectivity index (χ4v) is 3.03. The van der Waals surface area contributed by atoms with Gasteiger partial charge in [-0.15, -0.1) is 0 Å². The minimum atomic E-state index is -2.94. The van der Waals surface area contributed by atoms with Crippen LogP contribution >= 0.6 is 0 Å². The van der Waals surface area contributed by atoms with Gasteiger partial charge in [0.2, 0.25) is 5.91 Å². The summed E-state index contributed by atoms with van der Waals surface area (Å²) in [5.41, 5.74) is 0. The van der Waals surface area contributed by atoms with Crippen molar-refractivity contribution >= 4 is 21.7 Å². The van der Waals surface area contributed by atoms with Crippen LogP contribution in [0.1, 0.15) is 12.8 Å². The van der Waals surface area contributed by atoms with E-state index < -0.39 is 28.3 Å². The van der Waals surface area contributed by atoms with Gasteiger partial charge in [-0.3, -0.25) is 4.79 Å². The van der Waals surface area contributed by atoms with Gasteiger partial charge in [0.25, 0.3) is 0 Å². The Hall–Kier alpha value is -1.15. The van der Waals surface area contributed by atoms with Gasteiger partial charge in [0.15, 0.2) is 0 Å². The molecule has 1 aliphatic rings. The summed E-state index contributed by atoms with van der Waals surface area (Å²) in [5.74, 6) is -1.40. The van der Waals surface area contributed by atoms with Gasteiger partial charge < -0.3 is 15.2 Å². The van der Waals surface area contributed by atoms with Crippen LogP contribution in [0.5, 0.6) is 0 Å². The van der Waals surface area contributed by atoms with Gasteiger partial charge in [-0.05, 0) is 12.8 Å². The van der Waals surface area contributed by atoms with Crippen LogP contribution in [0, 0.1) is 0 Å². The molecule has 0 bridgehead atoms. The van der Waals surface area contributed by atoms with Crippen molar-refractivity contribution in [1.82, 2.24) is 5.32 Å². The Bertz CT molecular complexity index is 376. The van der Waals surface area contributed by atoms with Gasteiger partial charge in [-0.2, -0.15) is 0 Å². The first-order chi connectivity index (χ1) is 7.89. The van der Waals surface area contributed by atoms with Crippen molar-refractivity contribution in [3.05, 3.63) is 0 Å². The molecule has 0 aromatic carbocycles. The lowest BCUT2D eigenvalue weighted by Crippen LogP contribution is -2.42. The fraction of sp³-hybridized carbons (Fsp3) is 0.778. The molecule has 0 spiro atoms. The Morgan fingerprint density at radius 2 is 1.82 bits per heavy atom. The molecule has 0 aliphatic carbocycles. The molecule has 7 nitrogen and oxygen atoms in total. The highest BCUT2D eigenvalue weighted by Gasteiger charge is 2.24. The van der Waals surface area contributed by atoms with Crippen molar-refractivity contribution in [2.75, 3.05) is 24.7 Å². The number of ether oxygens (including phenoxy) is 1. The largest absolute Gasteiger partial charge is 0.480 e. The lowest BCUT2D eigenvalue weighted by molar-refractivity contribution is -0.143. The van der Waals surface area contributed by atoms with Gasteiger partial charge in [-0.1, -0.05) is 0 Å². The van der Waals surface area contributed by atoms with Crippen LogP contribution < -0.4 is 5.32 Å². The molecule has 0 unspecified atom stereocenters.